The lowest BCUT2D eigenvalue weighted by molar-refractivity contribution is -0.146. The van der Waals surface area contributed by atoms with Crippen molar-refractivity contribution < 1.29 is 14.7 Å². The Bertz CT molecular complexity index is 444. The number of amides is 1. The van der Waals surface area contributed by atoms with Crippen LogP contribution in [0.2, 0.25) is 0 Å². The number of nitrogens with one attached hydrogen (secondary N) is 1. The summed E-state index contributed by atoms with van der Waals surface area (Å²) in [5.74, 6) is -2.44. The summed E-state index contributed by atoms with van der Waals surface area (Å²) in [4.78, 5) is 22.9. The molecule has 2 atom stereocenters. The molecule has 0 saturated heterocycles. The van der Waals surface area contributed by atoms with Crippen molar-refractivity contribution in [2.24, 2.45) is 11.8 Å². The SMILES string of the molecule is O=C(O)[C@H]1CC=CC[C@H]1C(=O)Nc1nncs1. The molecule has 2 N–H and O–H groups in total. The summed E-state index contributed by atoms with van der Waals surface area (Å²) < 4.78 is 0. The molecule has 1 heterocycles. The second-order valence-electron chi connectivity index (χ2n) is 3.73. The minimum absolute atomic E-state index is 0.307. The Balaban J connectivity index is 2.07. The fourth-order valence-corrected chi connectivity index (χ4v) is 2.25. The number of nitrogens with zero attached hydrogens (tertiary/aromatic N) is 2. The van der Waals surface area contributed by atoms with E-state index in [1.807, 2.05) is 6.08 Å². The highest BCUT2D eigenvalue weighted by Crippen LogP contribution is 2.27. The van der Waals surface area contributed by atoms with Gasteiger partial charge in [-0.3, -0.25) is 9.59 Å². The standard InChI is InChI=1S/C10H11N3O3S/c14-8(12-10-13-11-5-17-10)6-3-1-2-4-7(6)9(15)16/h1-2,5-7H,3-4H2,(H,15,16)(H,12,13,14)/t6-,7+/m1/s1. The van der Waals surface area contributed by atoms with Gasteiger partial charge in [0.2, 0.25) is 11.0 Å². The van der Waals surface area contributed by atoms with Crippen LogP contribution < -0.4 is 5.32 Å². The molecular weight excluding hydrogens is 242 g/mol. The lowest BCUT2D eigenvalue weighted by Crippen LogP contribution is -2.34. The second kappa shape index (κ2) is 5.05. The molecule has 0 saturated carbocycles. The number of carbonyl (C=O) groups is 2. The predicted octanol–water partition coefficient (Wildman–Crippen LogP) is 1.14. The number of rotatable bonds is 3. The van der Waals surface area contributed by atoms with Crippen molar-refractivity contribution in [2.45, 2.75) is 12.8 Å². The van der Waals surface area contributed by atoms with Crippen LogP contribution in [0.4, 0.5) is 5.13 Å². The molecule has 0 aromatic carbocycles. The fraction of sp³-hybridized carbons (Fsp3) is 0.400. The molecule has 0 aliphatic heterocycles. The second-order valence-corrected chi connectivity index (χ2v) is 4.56. The molecule has 0 bridgehead atoms. The van der Waals surface area contributed by atoms with E-state index < -0.39 is 17.8 Å². The van der Waals surface area contributed by atoms with Gasteiger partial charge in [0.25, 0.3) is 0 Å². The number of carboxylic acid groups (broad SMARTS) is 1. The van der Waals surface area contributed by atoms with E-state index in [1.54, 1.807) is 6.08 Å². The quantitative estimate of drug-likeness (QED) is 0.788. The van der Waals surface area contributed by atoms with Gasteiger partial charge in [-0.15, -0.1) is 10.2 Å². The monoisotopic (exact) mass is 253 g/mol. The number of aliphatic carboxylic acids is 1. The van der Waals surface area contributed by atoms with Crippen LogP contribution in [0.1, 0.15) is 12.8 Å². The van der Waals surface area contributed by atoms with Crippen molar-refractivity contribution in [3.05, 3.63) is 17.7 Å². The third kappa shape index (κ3) is 2.68. The van der Waals surface area contributed by atoms with E-state index in [0.717, 1.165) is 0 Å². The Morgan fingerprint density at radius 1 is 1.35 bits per heavy atom. The molecule has 1 aliphatic rings. The van der Waals surface area contributed by atoms with E-state index in [4.69, 9.17) is 5.11 Å². The summed E-state index contributed by atoms with van der Waals surface area (Å²) in [6.45, 7) is 0. The highest BCUT2D eigenvalue weighted by molar-refractivity contribution is 7.13. The highest BCUT2D eigenvalue weighted by Gasteiger charge is 2.34. The van der Waals surface area contributed by atoms with Crippen LogP contribution in [0.15, 0.2) is 17.7 Å². The summed E-state index contributed by atoms with van der Waals surface area (Å²) >= 11 is 1.21. The van der Waals surface area contributed by atoms with Crippen molar-refractivity contribution in [3.8, 4) is 0 Å². The molecule has 1 aromatic rings. The molecule has 0 radical (unpaired) electrons. The molecule has 90 valence electrons. The third-order valence-electron chi connectivity index (χ3n) is 2.68. The van der Waals surface area contributed by atoms with Gasteiger partial charge < -0.3 is 10.4 Å². The van der Waals surface area contributed by atoms with E-state index in [1.165, 1.54) is 16.8 Å². The zero-order valence-electron chi connectivity index (χ0n) is 8.87. The number of anilines is 1. The Kier molecular flexibility index (Phi) is 3.48. The van der Waals surface area contributed by atoms with E-state index in [2.05, 4.69) is 15.5 Å². The van der Waals surface area contributed by atoms with E-state index >= 15 is 0 Å². The smallest absolute Gasteiger partial charge is 0.307 e. The number of aromatic nitrogens is 2. The molecule has 2 rings (SSSR count). The average Bonchev–Trinajstić information content (AvgIpc) is 2.81. The van der Waals surface area contributed by atoms with Gasteiger partial charge in [-0.25, -0.2) is 0 Å². The van der Waals surface area contributed by atoms with Crippen LogP contribution in [0, 0.1) is 11.8 Å². The maximum atomic E-state index is 11.9. The Labute approximate surface area is 101 Å². The first-order valence-electron chi connectivity index (χ1n) is 5.13. The maximum Gasteiger partial charge on any atom is 0.307 e. The van der Waals surface area contributed by atoms with Crippen molar-refractivity contribution in [1.29, 1.82) is 0 Å². The molecule has 0 spiro atoms. The number of carboxylic acids is 1. The van der Waals surface area contributed by atoms with Gasteiger partial charge in [-0.05, 0) is 12.8 Å². The Hall–Kier alpha value is -1.76. The molecule has 1 aliphatic carbocycles. The van der Waals surface area contributed by atoms with Crippen molar-refractivity contribution in [2.75, 3.05) is 5.32 Å². The van der Waals surface area contributed by atoms with Gasteiger partial charge in [0.05, 0.1) is 11.8 Å². The largest absolute Gasteiger partial charge is 0.481 e. The van der Waals surface area contributed by atoms with Gasteiger partial charge in [0, 0.05) is 0 Å². The van der Waals surface area contributed by atoms with E-state index in [-0.39, 0.29) is 5.91 Å². The first kappa shape index (κ1) is 11.7. The predicted molar refractivity (Wildman–Crippen MR) is 61.5 cm³/mol. The summed E-state index contributed by atoms with van der Waals surface area (Å²) in [6.07, 6.45) is 4.47. The third-order valence-corrected chi connectivity index (χ3v) is 3.28. The topological polar surface area (TPSA) is 92.2 Å². The number of carbonyl (C=O) groups excluding carboxylic acids is 1. The number of hydrogen-bond donors (Lipinski definition) is 2. The van der Waals surface area contributed by atoms with Crippen molar-refractivity contribution in [3.63, 3.8) is 0 Å². The van der Waals surface area contributed by atoms with Gasteiger partial charge >= 0.3 is 5.97 Å². The molecule has 1 aromatic heterocycles. The average molecular weight is 253 g/mol. The summed E-state index contributed by atoms with van der Waals surface area (Å²) in [5.41, 5.74) is 1.51. The van der Waals surface area contributed by atoms with Crippen LogP contribution in [0.5, 0.6) is 0 Å². The van der Waals surface area contributed by atoms with Crippen molar-refractivity contribution in [1.82, 2.24) is 10.2 Å². The Morgan fingerprint density at radius 3 is 2.65 bits per heavy atom. The van der Waals surface area contributed by atoms with Gasteiger partial charge in [-0.2, -0.15) is 0 Å². The molecule has 0 unspecified atom stereocenters. The lowest BCUT2D eigenvalue weighted by atomic mass is 9.82. The van der Waals surface area contributed by atoms with Crippen LogP contribution in [0.25, 0.3) is 0 Å². The molecule has 1 amide bonds. The molecule has 0 fully saturated rings. The van der Waals surface area contributed by atoms with Crippen LogP contribution in [-0.2, 0) is 9.59 Å². The van der Waals surface area contributed by atoms with E-state index in [0.29, 0.717) is 18.0 Å². The number of allylic oxidation sites excluding steroid dienone is 2. The van der Waals surface area contributed by atoms with Gasteiger partial charge in [0.15, 0.2) is 0 Å². The molecule has 17 heavy (non-hydrogen) atoms. The number of hydrogen-bond acceptors (Lipinski definition) is 5. The van der Waals surface area contributed by atoms with E-state index in [9.17, 15) is 9.59 Å². The summed E-state index contributed by atoms with van der Waals surface area (Å²) in [7, 11) is 0. The first-order chi connectivity index (χ1) is 8.18. The zero-order chi connectivity index (χ0) is 12.3. The summed E-state index contributed by atoms with van der Waals surface area (Å²) in [6, 6.07) is 0. The van der Waals surface area contributed by atoms with Gasteiger partial charge in [-0.1, -0.05) is 23.5 Å². The highest BCUT2D eigenvalue weighted by atomic mass is 32.1. The lowest BCUT2D eigenvalue weighted by Gasteiger charge is -2.23. The van der Waals surface area contributed by atoms with Crippen molar-refractivity contribution >= 4 is 28.3 Å². The zero-order valence-corrected chi connectivity index (χ0v) is 9.68. The molecule has 7 heteroatoms. The minimum Gasteiger partial charge on any atom is -0.481 e. The molecular formula is C10H11N3O3S. The molecule has 6 nitrogen and oxygen atoms in total. The summed E-state index contributed by atoms with van der Waals surface area (Å²) in [5, 5.41) is 19.3. The maximum absolute atomic E-state index is 11.9. The fourth-order valence-electron chi connectivity index (χ4n) is 1.80. The van der Waals surface area contributed by atoms with Crippen LogP contribution >= 0.6 is 11.3 Å². The van der Waals surface area contributed by atoms with Gasteiger partial charge in [0.1, 0.15) is 5.51 Å². The Morgan fingerprint density at radius 2 is 2.06 bits per heavy atom. The first-order valence-corrected chi connectivity index (χ1v) is 6.01. The van der Waals surface area contributed by atoms with Crippen LogP contribution in [-0.4, -0.2) is 27.2 Å². The minimum atomic E-state index is -0.938. The normalized spacial score (nSPS) is 23.3. The van der Waals surface area contributed by atoms with Crippen LogP contribution in [0.3, 0.4) is 0 Å².